The monoisotopic (exact) mass is 411 g/mol. The average Bonchev–Trinajstić information content (AvgIpc) is 2.60. The molecular weight excluding hydrogens is 373 g/mol. The second-order valence-electron chi connectivity index (χ2n) is 7.59. The molecule has 1 aliphatic rings. The van der Waals surface area contributed by atoms with Gasteiger partial charge in [-0.3, -0.25) is 9.36 Å². The second kappa shape index (κ2) is 12.4. The Balaban J connectivity index is 2.41. The fraction of sp³-hybridized carbons (Fsp3) is 0.682. The van der Waals surface area contributed by atoms with Gasteiger partial charge >= 0.3 is 7.60 Å². The molecule has 0 radical (unpaired) electrons. The van der Waals surface area contributed by atoms with Gasteiger partial charge < -0.3 is 13.9 Å². The molecule has 160 valence electrons. The van der Waals surface area contributed by atoms with Crippen molar-refractivity contribution in [2.24, 2.45) is 0 Å². The van der Waals surface area contributed by atoms with Crippen molar-refractivity contribution in [3.63, 3.8) is 0 Å². The van der Waals surface area contributed by atoms with E-state index < -0.39 is 13.3 Å². The van der Waals surface area contributed by atoms with Gasteiger partial charge in [-0.15, -0.1) is 0 Å². The first-order valence-corrected chi connectivity index (χ1v) is 12.0. The lowest BCUT2D eigenvalue weighted by molar-refractivity contribution is -0.139. The lowest BCUT2D eigenvalue weighted by Crippen LogP contribution is -2.56. The lowest BCUT2D eigenvalue weighted by atomic mass is 10.1. The molecular formula is C22H38NO4P. The van der Waals surface area contributed by atoms with E-state index in [0.29, 0.717) is 13.1 Å². The quantitative estimate of drug-likeness (QED) is 0.216. The van der Waals surface area contributed by atoms with Crippen molar-refractivity contribution in [1.82, 2.24) is 4.90 Å². The van der Waals surface area contributed by atoms with Crippen LogP contribution < -0.4 is 0 Å². The van der Waals surface area contributed by atoms with E-state index >= 15 is 0 Å². The summed E-state index contributed by atoms with van der Waals surface area (Å²) in [5, 5.41) is 0. The van der Waals surface area contributed by atoms with Crippen LogP contribution in [0.1, 0.15) is 67.2 Å². The van der Waals surface area contributed by atoms with E-state index in [1.165, 1.54) is 16.7 Å². The molecule has 0 N–H and O–H groups in total. The first-order valence-electron chi connectivity index (χ1n) is 10.4. The van der Waals surface area contributed by atoms with E-state index in [1.54, 1.807) is 18.7 Å². The molecule has 1 unspecified atom stereocenters. The van der Waals surface area contributed by atoms with Gasteiger partial charge in [0.05, 0.1) is 13.2 Å². The van der Waals surface area contributed by atoms with Crippen LogP contribution in [0.3, 0.4) is 0 Å². The van der Waals surface area contributed by atoms with Crippen LogP contribution in [0.2, 0.25) is 0 Å². The predicted molar refractivity (Wildman–Crippen MR) is 117 cm³/mol. The molecule has 1 rings (SSSR count). The van der Waals surface area contributed by atoms with Crippen molar-refractivity contribution in [3.05, 3.63) is 34.9 Å². The first kappa shape index (κ1) is 24.9. The van der Waals surface area contributed by atoms with E-state index in [0.717, 1.165) is 25.7 Å². The van der Waals surface area contributed by atoms with Gasteiger partial charge in [0, 0.05) is 13.1 Å². The number of rotatable bonds is 13. The third-order valence-corrected chi connectivity index (χ3v) is 7.16. The normalized spacial score (nSPS) is 18.3. The van der Waals surface area contributed by atoms with Crippen LogP contribution in [0, 0.1) is 0 Å². The van der Waals surface area contributed by atoms with Gasteiger partial charge in [0.2, 0.25) is 5.91 Å². The number of β-lactam (4-membered cyclic amide) rings is 1. The zero-order valence-electron chi connectivity index (χ0n) is 18.5. The van der Waals surface area contributed by atoms with Crippen molar-refractivity contribution < 1.29 is 18.4 Å². The van der Waals surface area contributed by atoms with Crippen molar-refractivity contribution in [3.8, 4) is 0 Å². The SMILES string of the molecule is CCOP(=O)(OCC)C1CN(C/C=C(\C)CC/C=C(\C)CCC=C(C)C)C1=O. The van der Waals surface area contributed by atoms with E-state index in [-0.39, 0.29) is 19.1 Å². The minimum absolute atomic E-state index is 0.135. The number of allylic oxidation sites excluding steroid dienone is 5. The number of likely N-dealkylation sites (tertiary alicyclic amines) is 1. The molecule has 1 aliphatic heterocycles. The van der Waals surface area contributed by atoms with Gasteiger partial charge in [-0.2, -0.15) is 0 Å². The Hall–Kier alpha value is -1.16. The minimum Gasteiger partial charge on any atom is -0.337 e. The van der Waals surface area contributed by atoms with Crippen LogP contribution in [-0.2, 0) is 18.4 Å². The van der Waals surface area contributed by atoms with Crippen LogP contribution in [0.15, 0.2) is 34.9 Å². The van der Waals surface area contributed by atoms with E-state index in [4.69, 9.17) is 9.05 Å². The molecule has 0 spiro atoms. The standard InChI is InChI=1S/C22H38NO4P/c1-7-26-28(25,27-8-2)21-17-23(22(21)24)16-15-20(6)14-10-13-19(5)12-9-11-18(3)4/h11,13,15,21H,7-10,12,14,16-17H2,1-6H3/b19-13+,20-15+. The summed E-state index contributed by atoms with van der Waals surface area (Å²) in [6.45, 7) is 13.6. The molecule has 0 aromatic carbocycles. The maximum absolute atomic E-state index is 12.7. The maximum Gasteiger partial charge on any atom is 0.344 e. The number of carbonyl (C=O) groups excluding carboxylic acids is 1. The number of nitrogens with zero attached hydrogens (tertiary/aromatic N) is 1. The third kappa shape index (κ3) is 8.06. The highest BCUT2D eigenvalue weighted by Gasteiger charge is 2.50. The molecule has 1 heterocycles. The number of carbonyl (C=O) groups is 1. The van der Waals surface area contributed by atoms with Crippen molar-refractivity contribution in [2.75, 3.05) is 26.3 Å². The Morgan fingerprint density at radius 2 is 1.54 bits per heavy atom. The Labute approximate surface area is 171 Å². The topological polar surface area (TPSA) is 55.8 Å². The van der Waals surface area contributed by atoms with Crippen LogP contribution in [0.5, 0.6) is 0 Å². The largest absolute Gasteiger partial charge is 0.344 e. The summed E-state index contributed by atoms with van der Waals surface area (Å²) in [6, 6.07) is 0. The van der Waals surface area contributed by atoms with E-state index in [2.05, 4.69) is 45.9 Å². The number of hydrogen-bond donors (Lipinski definition) is 0. The summed E-state index contributed by atoms with van der Waals surface area (Å²) >= 11 is 0. The van der Waals surface area contributed by atoms with Gasteiger partial charge in [0.1, 0.15) is 0 Å². The fourth-order valence-electron chi connectivity index (χ4n) is 3.06. The Kier molecular flexibility index (Phi) is 11.0. The fourth-order valence-corrected chi connectivity index (χ4v) is 5.04. The molecule has 0 aromatic heterocycles. The van der Waals surface area contributed by atoms with Crippen molar-refractivity contribution >= 4 is 13.5 Å². The van der Waals surface area contributed by atoms with Crippen LogP contribution in [0.25, 0.3) is 0 Å². The molecule has 0 saturated carbocycles. The van der Waals surface area contributed by atoms with Gasteiger partial charge in [0.15, 0.2) is 5.66 Å². The predicted octanol–water partition coefficient (Wildman–Crippen LogP) is 5.88. The minimum atomic E-state index is -3.33. The number of amides is 1. The molecule has 1 amide bonds. The summed E-state index contributed by atoms with van der Waals surface area (Å²) in [5.41, 5.74) is 3.41. The highest BCUT2D eigenvalue weighted by Crippen LogP contribution is 2.56. The summed E-state index contributed by atoms with van der Waals surface area (Å²) in [5.74, 6) is -0.135. The Morgan fingerprint density at radius 3 is 2.04 bits per heavy atom. The third-order valence-electron chi connectivity index (χ3n) is 4.77. The summed E-state index contributed by atoms with van der Waals surface area (Å²) in [7, 11) is -3.33. The molecule has 0 bridgehead atoms. The first-order chi connectivity index (χ1) is 13.2. The Morgan fingerprint density at radius 1 is 1.00 bits per heavy atom. The molecule has 0 aromatic rings. The van der Waals surface area contributed by atoms with E-state index in [9.17, 15) is 9.36 Å². The number of hydrogen-bond acceptors (Lipinski definition) is 4. The van der Waals surface area contributed by atoms with Gasteiger partial charge in [-0.05, 0) is 67.2 Å². The Bertz CT molecular complexity index is 637. The summed E-state index contributed by atoms with van der Waals surface area (Å²) in [4.78, 5) is 14.1. The van der Waals surface area contributed by atoms with Gasteiger partial charge in [-0.25, -0.2) is 0 Å². The highest BCUT2D eigenvalue weighted by molar-refractivity contribution is 7.56. The smallest absolute Gasteiger partial charge is 0.337 e. The zero-order valence-corrected chi connectivity index (χ0v) is 19.4. The van der Waals surface area contributed by atoms with Crippen molar-refractivity contribution in [2.45, 2.75) is 72.9 Å². The molecule has 1 atom stereocenters. The summed E-state index contributed by atoms with van der Waals surface area (Å²) in [6.07, 6.45) is 10.9. The average molecular weight is 412 g/mol. The van der Waals surface area contributed by atoms with Crippen LogP contribution in [0.4, 0.5) is 0 Å². The van der Waals surface area contributed by atoms with Crippen LogP contribution in [-0.4, -0.2) is 42.8 Å². The van der Waals surface area contributed by atoms with Gasteiger partial charge in [-0.1, -0.05) is 34.9 Å². The van der Waals surface area contributed by atoms with Crippen LogP contribution >= 0.6 is 7.60 Å². The second-order valence-corrected chi connectivity index (χ2v) is 9.81. The molecule has 28 heavy (non-hydrogen) atoms. The summed E-state index contributed by atoms with van der Waals surface area (Å²) < 4.78 is 23.3. The van der Waals surface area contributed by atoms with E-state index in [1.807, 2.05) is 0 Å². The molecule has 1 saturated heterocycles. The molecule has 5 nitrogen and oxygen atoms in total. The maximum atomic E-state index is 12.7. The van der Waals surface area contributed by atoms with Gasteiger partial charge in [0.25, 0.3) is 0 Å². The molecule has 1 fully saturated rings. The lowest BCUT2D eigenvalue weighted by Gasteiger charge is -2.40. The molecule has 6 heteroatoms. The highest BCUT2D eigenvalue weighted by atomic mass is 31.2. The zero-order chi connectivity index (χ0) is 21.2. The molecule has 0 aliphatic carbocycles. The van der Waals surface area contributed by atoms with Crippen molar-refractivity contribution in [1.29, 1.82) is 0 Å².